The fraction of sp³-hybridized carbons (Fsp3) is 0.208. The molecule has 0 saturated carbocycles. The number of rotatable bonds is 6. The fourth-order valence-corrected chi connectivity index (χ4v) is 3.83. The first kappa shape index (κ1) is 21.9. The summed E-state index contributed by atoms with van der Waals surface area (Å²) >= 11 is 6.44. The lowest BCUT2D eigenvalue weighted by atomic mass is 10.1. The SMILES string of the molecule is N/C=C(/CN1CCN(c2nccnc2-c2ccc(F)cc2)CC1)C(Cl)=Nc1ccccc1. The zero-order valence-electron chi connectivity index (χ0n) is 17.5. The van der Waals surface area contributed by atoms with Crippen molar-refractivity contribution in [2.45, 2.75) is 0 Å². The predicted molar refractivity (Wildman–Crippen MR) is 128 cm³/mol. The van der Waals surface area contributed by atoms with E-state index in [4.69, 9.17) is 17.3 Å². The van der Waals surface area contributed by atoms with Gasteiger partial charge in [0.05, 0.1) is 5.69 Å². The number of hydrogen-bond donors (Lipinski definition) is 1. The summed E-state index contributed by atoms with van der Waals surface area (Å²) in [6.07, 6.45) is 4.87. The van der Waals surface area contributed by atoms with Crippen LogP contribution in [0.4, 0.5) is 15.9 Å². The van der Waals surface area contributed by atoms with Gasteiger partial charge >= 0.3 is 0 Å². The first-order valence-electron chi connectivity index (χ1n) is 10.4. The summed E-state index contributed by atoms with van der Waals surface area (Å²) < 4.78 is 13.3. The van der Waals surface area contributed by atoms with Crippen LogP contribution in [-0.2, 0) is 0 Å². The van der Waals surface area contributed by atoms with Crippen LogP contribution in [0.3, 0.4) is 0 Å². The lowest BCUT2D eigenvalue weighted by Crippen LogP contribution is -2.47. The first-order chi connectivity index (χ1) is 15.6. The van der Waals surface area contributed by atoms with E-state index in [9.17, 15) is 4.39 Å². The Morgan fingerprint density at radius 1 is 1.00 bits per heavy atom. The minimum absolute atomic E-state index is 0.272. The molecule has 2 aromatic carbocycles. The van der Waals surface area contributed by atoms with Crippen LogP contribution >= 0.6 is 11.6 Å². The Morgan fingerprint density at radius 3 is 2.38 bits per heavy atom. The maximum Gasteiger partial charge on any atom is 0.155 e. The van der Waals surface area contributed by atoms with Gasteiger partial charge in [0.1, 0.15) is 16.7 Å². The second-order valence-corrected chi connectivity index (χ2v) is 7.79. The van der Waals surface area contributed by atoms with Gasteiger partial charge in [-0.2, -0.15) is 0 Å². The molecule has 0 unspecified atom stereocenters. The van der Waals surface area contributed by atoms with E-state index in [1.807, 2.05) is 30.3 Å². The molecular weight excluding hydrogens is 427 g/mol. The fourth-order valence-electron chi connectivity index (χ4n) is 3.61. The van der Waals surface area contributed by atoms with E-state index in [-0.39, 0.29) is 5.82 Å². The number of hydrogen-bond acceptors (Lipinski definition) is 6. The molecule has 0 atom stereocenters. The Labute approximate surface area is 191 Å². The number of aromatic nitrogens is 2. The highest BCUT2D eigenvalue weighted by molar-refractivity contribution is 6.69. The molecule has 0 amide bonds. The first-order valence-corrected chi connectivity index (χ1v) is 10.8. The summed E-state index contributed by atoms with van der Waals surface area (Å²) in [7, 11) is 0. The molecule has 1 aliphatic rings. The average molecular weight is 451 g/mol. The zero-order valence-corrected chi connectivity index (χ0v) is 18.3. The molecule has 164 valence electrons. The van der Waals surface area contributed by atoms with E-state index in [1.165, 1.54) is 18.3 Å². The molecule has 0 aliphatic carbocycles. The van der Waals surface area contributed by atoms with Crippen molar-refractivity contribution >= 4 is 28.3 Å². The van der Waals surface area contributed by atoms with E-state index in [0.717, 1.165) is 54.5 Å². The number of nitrogens with zero attached hydrogens (tertiary/aromatic N) is 5. The van der Waals surface area contributed by atoms with Crippen LogP contribution in [-0.4, -0.2) is 52.8 Å². The summed E-state index contributed by atoms with van der Waals surface area (Å²) in [5.41, 5.74) is 9.02. The topological polar surface area (TPSA) is 70.6 Å². The van der Waals surface area contributed by atoms with Crippen LogP contribution in [0.15, 0.2) is 83.8 Å². The molecule has 8 heteroatoms. The van der Waals surface area contributed by atoms with Gasteiger partial charge in [-0.15, -0.1) is 0 Å². The van der Waals surface area contributed by atoms with Gasteiger partial charge in [0, 0.05) is 62.5 Å². The molecule has 3 aromatic rings. The molecule has 2 heterocycles. The molecule has 0 spiro atoms. The van der Waals surface area contributed by atoms with Gasteiger partial charge in [0.15, 0.2) is 5.82 Å². The minimum Gasteiger partial charge on any atom is -0.404 e. The Kier molecular flexibility index (Phi) is 7.09. The van der Waals surface area contributed by atoms with E-state index in [0.29, 0.717) is 11.7 Å². The number of para-hydroxylation sites is 1. The second-order valence-electron chi connectivity index (χ2n) is 7.43. The molecule has 1 saturated heterocycles. The molecule has 1 fully saturated rings. The lowest BCUT2D eigenvalue weighted by Gasteiger charge is -2.36. The van der Waals surface area contributed by atoms with Gasteiger partial charge < -0.3 is 10.6 Å². The third-order valence-electron chi connectivity index (χ3n) is 5.31. The molecule has 32 heavy (non-hydrogen) atoms. The number of aliphatic imine (C=N–C) groups is 1. The minimum atomic E-state index is -0.272. The summed E-state index contributed by atoms with van der Waals surface area (Å²) in [5, 5.41) is 0.397. The number of anilines is 1. The Bertz CT molecular complexity index is 1090. The number of nitrogens with two attached hydrogens (primary N) is 1. The summed E-state index contributed by atoms with van der Waals surface area (Å²) in [4.78, 5) is 18.0. The van der Waals surface area contributed by atoms with Crippen molar-refractivity contribution in [2.75, 3.05) is 37.6 Å². The van der Waals surface area contributed by atoms with E-state index < -0.39 is 0 Å². The van der Waals surface area contributed by atoms with Crippen LogP contribution in [0.1, 0.15) is 0 Å². The number of halogens is 2. The molecule has 1 aromatic heterocycles. The van der Waals surface area contributed by atoms with Crippen molar-refractivity contribution in [3.63, 3.8) is 0 Å². The van der Waals surface area contributed by atoms with Crippen molar-refractivity contribution in [2.24, 2.45) is 10.7 Å². The van der Waals surface area contributed by atoms with Gasteiger partial charge in [-0.3, -0.25) is 9.88 Å². The second kappa shape index (κ2) is 10.3. The highest BCUT2D eigenvalue weighted by atomic mass is 35.5. The van der Waals surface area contributed by atoms with Gasteiger partial charge in [-0.25, -0.2) is 14.4 Å². The smallest absolute Gasteiger partial charge is 0.155 e. The monoisotopic (exact) mass is 450 g/mol. The Balaban J connectivity index is 1.42. The van der Waals surface area contributed by atoms with Crippen molar-refractivity contribution in [1.29, 1.82) is 0 Å². The Hall–Kier alpha value is -3.29. The normalized spacial score (nSPS) is 15.8. The molecule has 0 bridgehead atoms. The van der Waals surface area contributed by atoms with E-state index in [1.54, 1.807) is 24.5 Å². The van der Waals surface area contributed by atoms with Crippen LogP contribution < -0.4 is 10.6 Å². The van der Waals surface area contributed by atoms with Gasteiger partial charge in [0.2, 0.25) is 0 Å². The summed E-state index contributed by atoms with van der Waals surface area (Å²) in [5.74, 6) is 0.531. The Morgan fingerprint density at radius 2 is 1.69 bits per heavy atom. The van der Waals surface area contributed by atoms with Crippen LogP contribution in [0.2, 0.25) is 0 Å². The van der Waals surface area contributed by atoms with Crippen LogP contribution in [0.5, 0.6) is 0 Å². The van der Waals surface area contributed by atoms with Crippen molar-refractivity contribution in [1.82, 2.24) is 14.9 Å². The van der Waals surface area contributed by atoms with Crippen LogP contribution in [0, 0.1) is 5.82 Å². The lowest BCUT2D eigenvalue weighted by molar-refractivity contribution is 0.280. The maximum atomic E-state index is 13.3. The summed E-state index contributed by atoms with van der Waals surface area (Å²) in [6.45, 7) is 3.79. The number of piperazine rings is 1. The van der Waals surface area contributed by atoms with Crippen molar-refractivity contribution < 1.29 is 4.39 Å². The maximum absolute atomic E-state index is 13.3. The molecule has 1 aliphatic heterocycles. The third-order valence-corrected chi connectivity index (χ3v) is 5.64. The summed E-state index contributed by atoms with van der Waals surface area (Å²) in [6, 6.07) is 15.9. The van der Waals surface area contributed by atoms with Gasteiger partial charge in [-0.05, 0) is 36.4 Å². The van der Waals surface area contributed by atoms with E-state index >= 15 is 0 Å². The van der Waals surface area contributed by atoms with Crippen molar-refractivity contribution in [3.8, 4) is 11.3 Å². The molecular formula is C24H24ClFN6. The zero-order chi connectivity index (χ0) is 22.3. The number of benzene rings is 2. The predicted octanol–water partition coefficient (Wildman–Crippen LogP) is 4.22. The van der Waals surface area contributed by atoms with Gasteiger partial charge in [0.25, 0.3) is 0 Å². The molecule has 2 N–H and O–H groups in total. The highest BCUT2D eigenvalue weighted by Crippen LogP contribution is 2.27. The third kappa shape index (κ3) is 5.30. The average Bonchev–Trinajstić information content (AvgIpc) is 2.84. The van der Waals surface area contributed by atoms with E-state index in [2.05, 4.69) is 24.8 Å². The highest BCUT2D eigenvalue weighted by Gasteiger charge is 2.22. The standard InChI is InChI=1S/C24H24ClFN6/c25-23(30-21-4-2-1-3-5-21)19(16-27)17-31-12-14-32(15-13-31)24-22(28-10-11-29-24)18-6-8-20(26)9-7-18/h1-11,16H,12-15,17,27H2/b19-16-,30-23?. The molecule has 0 radical (unpaired) electrons. The van der Waals surface area contributed by atoms with Gasteiger partial charge in [-0.1, -0.05) is 29.8 Å². The molecule has 6 nitrogen and oxygen atoms in total. The van der Waals surface area contributed by atoms with Crippen LogP contribution in [0.25, 0.3) is 11.3 Å². The largest absolute Gasteiger partial charge is 0.404 e. The quantitative estimate of drug-likeness (QED) is 0.569. The van der Waals surface area contributed by atoms with Crippen molar-refractivity contribution in [3.05, 3.63) is 84.6 Å². The molecule has 4 rings (SSSR count).